The van der Waals surface area contributed by atoms with Crippen LogP contribution in [-0.4, -0.2) is 16.8 Å². The molecule has 1 aromatic carbocycles. The molecule has 1 aromatic heterocycles. The van der Waals surface area contributed by atoms with Crippen molar-refractivity contribution >= 4 is 0 Å². The molecule has 0 unspecified atom stereocenters. The van der Waals surface area contributed by atoms with Gasteiger partial charge < -0.3 is 10.1 Å². The lowest BCUT2D eigenvalue weighted by Gasteiger charge is -2.22. The van der Waals surface area contributed by atoms with Crippen LogP contribution in [0.5, 0.6) is 5.88 Å². The van der Waals surface area contributed by atoms with E-state index in [-0.39, 0.29) is 0 Å². The number of nitrogens with one attached hydrogen (secondary N) is 1. The summed E-state index contributed by atoms with van der Waals surface area (Å²) < 4.78 is 24.0. The van der Waals surface area contributed by atoms with Gasteiger partial charge in [0.2, 0.25) is 5.88 Å². The van der Waals surface area contributed by atoms with Gasteiger partial charge in [-0.1, -0.05) is 49.6 Å². The molecular weight excluding hydrogens is 286 g/mol. The molecule has 3 rings (SSSR count). The van der Waals surface area contributed by atoms with Gasteiger partial charge in [-0.2, -0.15) is 5.10 Å². The highest BCUT2D eigenvalue weighted by atomic mass is 16.5. The van der Waals surface area contributed by atoms with Crippen LogP contribution in [0.15, 0.2) is 36.4 Å². The number of nitrogens with zero attached hydrogens (tertiary/aromatic N) is 2. The minimum atomic E-state index is -1.66. The van der Waals surface area contributed by atoms with E-state index in [1.807, 2.05) is 35.0 Å². The highest BCUT2D eigenvalue weighted by Gasteiger charge is 2.17. The molecule has 124 valence electrons. The Morgan fingerprint density at radius 3 is 2.78 bits per heavy atom. The van der Waals surface area contributed by atoms with E-state index in [1.54, 1.807) is 13.1 Å². The molecule has 1 aliphatic rings. The van der Waals surface area contributed by atoms with Crippen LogP contribution in [-0.2, 0) is 19.6 Å². The molecule has 1 N–H and O–H groups in total. The predicted molar refractivity (Wildman–Crippen MR) is 92.3 cm³/mol. The van der Waals surface area contributed by atoms with Crippen LogP contribution in [0.1, 0.15) is 46.1 Å². The molecule has 23 heavy (non-hydrogen) atoms. The summed E-state index contributed by atoms with van der Waals surface area (Å²) in [5, 5.41) is 7.19. The van der Waals surface area contributed by atoms with Gasteiger partial charge in [-0.15, -0.1) is 0 Å². The zero-order valence-corrected chi connectivity index (χ0v) is 13.8. The topological polar surface area (TPSA) is 39.1 Å². The summed E-state index contributed by atoms with van der Waals surface area (Å²) in [4.78, 5) is 0. The van der Waals surface area contributed by atoms with Crippen LogP contribution in [0.3, 0.4) is 0 Å². The minimum Gasteiger partial charge on any atom is -0.473 e. The molecule has 0 saturated heterocycles. The fourth-order valence-electron chi connectivity index (χ4n) is 3.18. The van der Waals surface area contributed by atoms with Gasteiger partial charge in [-0.25, -0.2) is 4.68 Å². The van der Waals surface area contributed by atoms with Crippen molar-refractivity contribution in [3.8, 4) is 5.88 Å². The van der Waals surface area contributed by atoms with Crippen LogP contribution in [0.4, 0.5) is 0 Å². The zero-order chi connectivity index (χ0) is 17.7. The SMILES string of the molecule is [2H]C([2H])(NC)c1cc(OCc2ccccc2)n(CC2CCCCC2)n1. The summed E-state index contributed by atoms with van der Waals surface area (Å²) >= 11 is 0. The van der Waals surface area contributed by atoms with Crippen LogP contribution in [0.2, 0.25) is 0 Å². The van der Waals surface area contributed by atoms with E-state index in [0.29, 0.717) is 24.1 Å². The average molecular weight is 315 g/mol. The fraction of sp³-hybridized carbons (Fsp3) is 0.526. The lowest BCUT2D eigenvalue weighted by atomic mass is 9.89. The Bertz CT molecular complexity index is 667. The summed E-state index contributed by atoms with van der Waals surface area (Å²) in [6.45, 7) is -0.411. The smallest absolute Gasteiger partial charge is 0.212 e. The molecule has 1 heterocycles. The lowest BCUT2D eigenvalue weighted by Crippen LogP contribution is -2.16. The van der Waals surface area contributed by atoms with Crippen molar-refractivity contribution in [1.82, 2.24) is 15.1 Å². The monoisotopic (exact) mass is 315 g/mol. The zero-order valence-electron chi connectivity index (χ0n) is 15.8. The summed E-state index contributed by atoms with van der Waals surface area (Å²) in [7, 11) is 1.60. The molecule has 4 heteroatoms. The maximum Gasteiger partial charge on any atom is 0.212 e. The average Bonchev–Trinajstić information content (AvgIpc) is 3.05. The third-order valence-corrected chi connectivity index (χ3v) is 4.38. The maximum absolute atomic E-state index is 8.07. The van der Waals surface area contributed by atoms with Crippen molar-refractivity contribution in [2.45, 2.75) is 51.8 Å². The summed E-state index contributed by atoms with van der Waals surface area (Å²) in [6, 6.07) is 11.7. The molecule has 0 radical (unpaired) electrons. The van der Waals surface area contributed by atoms with Crippen LogP contribution >= 0.6 is 0 Å². The number of hydrogen-bond acceptors (Lipinski definition) is 3. The van der Waals surface area contributed by atoms with Crippen LogP contribution in [0, 0.1) is 5.92 Å². The van der Waals surface area contributed by atoms with Crippen molar-refractivity contribution in [3.05, 3.63) is 47.7 Å². The molecule has 0 bridgehead atoms. The first-order chi connectivity index (χ1) is 12.1. The van der Waals surface area contributed by atoms with Crippen molar-refractivity contribution in [2.75, 3.05) is 7.05 Å². The third kappa shape index (κ3) is 4.58. The molecule has 0 amide bonds. The van der Waals surface area contributed by atoms with Crippen LogP contribution < -0.4 is 10.1 Å². The fourth-order valence-corrected chi connectivity index (χ4v) is 3.18. The Balaban J connectivity index is 1.77. The molecule has 4 nitrogen and oxygen atoms in total. The molecule has 2 aromatic rings. The predicted octanol–water partition coefficient (Wildman–Crippen LogP) is 3.76. The molecule has 0 atom stereocenters. The second-order valence-corrected chi connectivity index (χ2v) is 6.20. The van der Waals surface area contributed by atoms with Gasteiger partial charge in [0.25, 0.3) is 0 Å². The Morgan fingerprint density at radius 1 is 1.26 bits per heavy atom. The lowest BCUT2D eigenvalue weighted by molar-refractivity contribution is 0.245. The van der Waals surface area contributed by atoms with Gasteiger partial charge in [-0.05, 0) is 31.4 Å². The van der Waals surface area contributed by atoms with Gasteiger partial charge in [0.15, 0.2) is 0 Å². The first-order valence-corrected chi connectivity index (χ1v) is 8.52. The Labute approximate surface area is 141 Å². The van der Waals surface area contributed by atoms with E-state index in [0.717, 1.165) is 12.1 Å². The summed E-state index contributed by atoms with van der Waals surface area (Å²) in [6.07, 6.45) is 6.30. The normalized spacial score (nSPS) is 17.6. The van der Waals surface area contributed by atoms with E-state index in [2.05, 4.69) is 10.4 Å². The van der Waals surface area contributed by atoms with Gasteiger partial charge in [0, 0.05) is 21.8 Å². The molecule has 1 aliphatic carbocycles. The number of rotatable bonds is 7. The van der Waals surface area contributed by atoms with E-state index >= 15 is 0 Å². The minimum absolute atomic E-state index is 0.369. The molecule has 0 aliphatic heterocycles. The number of benzene rings is 1. The van der Waals surface area contributed by atoms with Gasteiger partial charge in [0.05, 0.1) is 5.69 Å². The van der Waals surface area contributed by atoms with E-state index in [4.69, 9.17) is 7.48 Å². The molecular formula is C19H27N3O. The Kier molecular flexibility index (Phi) is 4.83. The Morgan fingerprint density at radius 2 is 2.04 bits per heavy atom. The Hall–Kier alpha value is -1.81. The largest absolute Gasteiger partial charge is 0.473 e. The maximum atomic E-state index is 8.07. The first-order valence-electron chi connectivity index (χ1n) is 9.52. The number of ether oxygens (including phenoxy) is 1. The van der Waals surface area contributed by atoms with E-state index in [1.165, 1.54) is 32.1 Å². The standard InChI is InChI=1S/C19H27N3O/c1-20-13-18-12-19(23-15-17-10-6-3-7-11-17)22(21-18)14-16-8-4-2-5-9-16/h3,6-7,10-12,16,20H,2,4-5,8-9,13-15H2,1H3/i13D2. The van der Waals surface area contributed by atoms with Crippen molar-refractivity contribution in [3.63, 3.8) is 0 Å². The quantitative estimate of drug-likeness (QED) is 0.845. The third-order valence-electron chi connectivity index (χ3n) is 4.38. The summed E-state index contributed by atoms with van der Waals surface area (Å²) in [5.74, 6) is 1.24. The van der Waals surface area contributed by atoms with Gasteiger partial charge >= 0.3 is 0 Å². The molecule has 1 fully saturated rings. The number of aromatic nitrogens is 2. The molecule has 1 saturated carbocycles. The van der Waals surface area contributed by atoms with E-state index in [9.17, 15) is 0 Å². The molecule has 0 spiro atoms. The second-order valence-electron chi connectivity index (χ2n) is 6.20. The second kappa shape index (κ2) is 8.16. The van der Waals surface area contributed by atoms with Gasteiger partial charge in [-0.3, -0.25) is 0 Å². The van der Waals surface area contributed by atoms with Crippen molar-refractivity contribution in [1.29, 1.82) is 0 Å². The van der Waals surface area contributed by atoms with Crippen LogP contribution in [0.25, 0.3) is 0 Å². The van der Waals surface area contributed by atoms with Gasteiger partial charge in [0.1, 0.15) is 6.61 Å². The first kappa shape index (κ1) is 13.6. The highest BCUT2D eigenvalue weighted by molar-refractivity contribution is 5.19. The number of hydrogen-bond donors (Lipinski definition) is 1. The van der Waals surface area contributed by atoms with Crippen molar-refractivity contribution in [2.24, 2.45) is 5.92 Å². The summed E-state index contributed by atoms with van der Waals surface area (Å²) in [5.41, 5.74) is 1.46. The van der Waals surface area contributed by atoms with E-state index < -0.39 is 6.50 Å². The van der Waals surface area contributed by atoms with Crippen molar-refractivity contribution < 1.29 is 7.48 Å². The highest BCUT2D eigenvalue weighted by Crippen LogP contribution is 2.27.